The predicted molar refractivity (Wildman–Crippen MR) is 55.1 cm³/mol. The summed E-state index contributed by atoms with van der Waals surface area (Å²) in [7, 11) is 0. The van der Waals surface area contributed by atoms with E-state index in [-0.39, 0.29) is 11.3 Å². The molecule has 7 heteroatoms. The highest BCUT2D eigenvalue weighted by atomic mass is 19.4. The Hall–Kier alpha value is -1.76. The Bertz CT molecular complexity index is 419. The second kappa shape index (κ2) is 5.05. The first-order valence-electron chi connectivity index (χ1n) is 4.64. The van der Waals surface area contributed by atoms with Gasteiger partial charge in [0, 0.05) is 5.69 Å². The van der Waals surface area contributed by atoms with Crippen molar-refractivity contribution in [1.29, 1.82) is 0 Å². The van der Waals surface area contributed by atoms with E-state index in [1.165, 1.54) is 12.1 Å². The second-order valence-corrected chi connectivity index (χ2v) is 3.43. The van der Waals surface area contributed by atoms with Crippen LogP contribution in [0.2, 0.25) is 0 Å². The fourth-order valence-electron chi connectivity index (χ4n) is 1.11. The molecule has 0 radical (unpaired) electrons. The Morgan fingerprint density at radius 1 is 1.47 bits per heavy atom. The SMILES string of the molecule is Cc1ccc(N)c(C(=O)NOCC(F)(F)F)c1. The minimum atomic E-state index is -4.49. The number of hydrogen-bond donors (Lipinski definition) is 2. The number of carbonyl (C=O) groups excluding carboxylic acids is 1. The molecule has 0 aliphatic carbocycles. The Morgan fingerprint density at radius 2 is 2.12 bits per heavy atom. The molecular weight excluding hydrogens is 237 g/mol. The predicted octanol–water partition coefficient (Wildman–Crippen LogP) is 1.80. The lowest BCUT2D eigenvalue weighted by atomic mass is 10.1. The first-order valence-corrected chi connectivity index (χ1v) is 4.64. The molecule has 4 nitrogen and oxygen atoms in total. The number of aryl methyl sites for hydroxylation is 1. The van der Waals surface area contributed by atoms with Gasteiger partial charge in [-0.3, -0.25) is 9.63 Å². The third kappa shape index (κ3) is 4.31. The van der Waals surface area contributed by atoms with Gasteiger partial charge in [-0.2, -0.15) is 13.2 Å². The molecule has 0 bridgehead atoms. The number of hydroxylamine groups is 1. The highest BCUT2D eigenvalue weighted by Crippen LogP contribution is 2.15. The normalized spacial score (nSPS) is 11.3. The van der Waals surface area contributed by atoms with Crippen LogP contribution in [-0.4, -0.2) is 18.7 Å². The van der Waals surface area contributed by atoms with Crippen LogP contribution in [0.5, 0.6) is 0 Å². The Balaban J connectivity index is 2.61. The Labute approximate surface area is 95.5 Å². The molecule has 0 spiro atoms. The number of anilines is 1. The van der Waals surface area contributed by atoms with Crippen LogP contribution in [0.25, 0.3) is 0 Å². The largest absolute Gasteiger partial charge is 0.414 e. The van der Waals surface area contributed by atoms with Crippen LogP contribution >= 0.6 is 0 Å². The number of carbonyl (C=O) groups is 1. The van der Waals surface area contributed by atoms with Gasteiger partial charge in [0.05, 0.1) is 5.56 Å². The zero-order chi connectivity index (χ0) is 13.1. The zero-order valence-corrected chi connectivity index (χ0v) is 8.97. The van der Waals surface area contributed by atoms with Crippen LogP contribution in [0, 0.1) is 6.92 Å². The van der Waals surface area contributed by atoms with Crippen molar-refractivity contribution in [3.8, 4) is 0 Å². The van der Waals surface area contributed by atoms with Crippen LogP contribution in [-0.2, 0) is 4.84 Å². The van der Waals surface area contributed by atoms with E-state index >= 15 is 0 Å². The molecule has 0 unspecified atom stereocenters. The summed E-state index contributed by atoms with van der Waals surface area (Å²) in [6.45, 7) is 0.178. The average molecular weight is 248 g/mol. The lowest BCUT2D eigenvalue weighted by Crippen LogP contribution is -2.30. The first-order chi connectivity index (χ1) is 7.79. The summed E-state index contributed by atoms with van der Waals surface area (Å²) in [6.07, 6.45) is -4.49. The monoisotopic (exact) mass is 248 g/mol. The quantitative estimate of drug-likeness (QED) is 0.633. The topological polar surface area (TPSA) is 64.4 Å². The molecule has 1 aromatic carbocycles. The van der Waals surface area contributed by atoms with Crippen molar-refractivity contribution in [2.45, 2.75) is 13.1 Å². The number of benzene rings is 1. The fourth-order valence-corrected chi connectivity index (χ4v) is 1.11. The summed E-state index contributed by atoms with van der Waals surface area (Å²) in [5.41, 5.74) is 8.20. The molecule has 1 amide bonds. The molecule has 1 rings (SSSR count). The maximum atomic E-state index is 11.8. The molecule has 1 aromatic rings. The molecule has 0 saturated heterocycles. The smallest absolute Gasteiger partial charge is 0.398 e. The molecule has 17 heavy (non-hydrogen) atoms. The lowest BCUT2D eigenvalue weighted by molar-refractivity contribution is -0.184. The molecule has 0 aliphatic heterocycles. The van der Waals surface area contributed by atoms with Gasteiger partial charge >= 0.3 is 6.18 Å². The lowest BCUT2D eigenvalue weighted by Gasteiger charge is -2.10. The van der Waals surface area contributed by atoms with Crippen molar-refractivity contribution in [2.24, 2.45) is 0 Å². The van der Waals surface area contributed by atoms with Gasteiger partial charge in [-0.05, 0) is 19.1 Å². The third-order valence-electron chi connectivity index (χ3n) is 1.85. The number of nitrogens with one attached hydrogen (secondary N) is 1. The van der Waals surface area contributed by atoms with E-state index in [0.29, 0.717) is 0 Å². The molecular formula is C10H11F3N2O2. The van der Waals surface area contributed by atoms with Crippen LogP contribution in [0.4, 0.5) is 18.9 Å². The minimum absolute atomic E-state index is 0.0761. The van der Waals surface area contributed by atoms with Crippen molar-refractivity contribution in [3.63, 3.8) is 0 Å². The van der Waals surface area contributed by atoms with Crippen molar-refractivity contribution >= 4 is 11.6 Å². The standard InChI is InChI=1S/C10H11F3N2O2/c1-6-2-3-8(14)7(4-6)9(16)15-17-5-10(11,12)13/h2-4H,5,14H2,1H3,(H,15,16). The van der Waals surface area contributed by atoms with Gasteiger partial charge in [-0.15, -0.1) is 0 Å². The van der Waals surface area contributed by atoms with Gasteiger partial charge in [-0.1, -0.05) is 11.6 Å². The van der Waals surface area contributed by atoms with E-state index in [4.69, 9.17) is 5.73 Å². The number of amides is 1. The first kappa shape index (κ1) is 13.3. The molecule has 0 aliphatic rings. The average Bonchev–Trinajstić information content (AvgIpc) is 2.19. The number of rotatable bonds is 3. The molecule has 0 saturated carbocycles. The van der Waals surface area contributed by atoms with E-state index in [1.54, 1.807) is 18.5 Å². The Kier molecular flexibility index (Phi) is 3.95. The minimum Gasteiger partial charge on any atom is -0.398 e. The summed E-state index contributed by atoms with van der Waals surface area (Å²) in [6, 6.07) is 4.64. The van der Waals surface area contributed by atoms with Gasteiger partial charge < -0.3 is 5.73 Å². The number of nitrogen functional groups attached to an aromatic ring is 1. The van der Waals surface area contributed by atoms with E-state index in [9.17, 15) is 18.0 Å². The maximum Gasteiger partial charge on any atom is 0.414 e. The molecule has 0 aromatic heterocycles. The number of nitrogens with two attached hydrogens (primary N) is 1. The summed E-state index contributed by atoms with van der Waals surface area (Å²) < 4.78 is 35.3. The maximum absolute atomic E-state index is 11.8. The molecule has 0 heterocycles. The van der Waals surface area contributed by atoms with Crippen molar-refractivity contribution in [1.82, 2.24) is 5.48 Å². The van der Waals surface area contributed by atoms with E-state index < -0.39 is 18.7 Å². The van der Waals surface area contributed by atoms with Crippen molar-refractivity contribution in [2.75, 3.05) is 12.3 Å². The zero-order valence-electron chi connectivity index (χ0n) is 8.97. The van der Waals surface area contributed by atoms with Gasteiger partial charge in [0.15, 0.2) is 6.61 Å². The van der Waals surface area contributed by atoms with Gasteiger partial charge in [0.1, 0.15) is 0 Å². The summed E-state index contributed by atoms with van der Waals surface area (Å²) in [5.74, 6) is -0.810. The third-order valence-corrected chi connectivity index (χ3v) is 1.85. The van der Waals surface area contributed by atoms with Gasteiger partial charge in [0.2, 0.25) is 0 Å². The molecule has 0 atom stereocenters. The van der Waals surface area contributed by atoms with Crippen LogP contribution < -0.4 is 11.2 Å². The highest BCUT2D eigenvalue weighted by molar-refractivity contribution is 5.98. The van der Waals surface area contributed by atoms with E-state index in [1.807, 2.05) is 0 Å². The molecule has 94 valence electrons. The summed E-state index contributed by atoms with van der Waals surface area (Å²) in [4.78, 5) is 15.4. The van der Waals surface area contributed by atoms with E-state index in [2.05, 4.69) is 4.84 Å². The van der Waals surface area contributed by atoms with Crippen LogP contribution in [0.1, 0.15) is 15.9 Å². The van der Waals surface area contributed by atoms with Gasteiger partial charge in [0.25, 0.3) is 5.91 Å². The number of alkyl halides is 3. The fraction of sp³-hybridized carbons (Fsp3) is 0.300. The van der Waals surface area contributed by atoms with Crippen LogP contribution in [0.15, 0.2) is 18.2 Å². The highest BCUT2D eigenvalue weighted by Gasteiger charge is 2.28. The number of halogens is 3. The van der Waals surface area contributed by atoms with Crippen molar-refractivity contribution in [3.05, 3.63) is 29.3 Å². The Morgan fingerprint density at radius 3 is 2.71 bits per heavy atom. The van der Waals surface area contributed by atoms with Gasteiger partial charge in [-0.25, -0.2) is 5.48 Å². The molecule has 3 N–H and O–H groups in total. The summed E-state index contributed by atoms with van der Waals surface area (Å²) in [5, 5.41) is 0. The van der Waals surface area contributed by atoms with E-state index in [0.717, 1.165) is 5.56 Å². The summed E-state index contributed by atoms with van der Waals surface area (Å²) >= 11 is 0. The van der Waals surface area contributed by atoms with Crippen LogP contribution in [0.3, 0.4) is 0 Å². The molecule has 0 fully saturated rings. The van der Waals surface area contributed by atoms with Crippen molar-refractivity contribution < 1.29 is 22.8 Å². The number of hydrogen-bond acceptors (Lipinski definition) is 3. The second-order valence-electron chi connectivity index (χ2n) is 3.43.